The molecule has 3 heteroatoms. The third-order valence-corrected chi connectivity index (χ3v) is 3.33. The Kier molecular flexibility index (Phi) is 7.03. The number of ether oxygens (including phenoxy) is 1. The molecular weight excluding hydrogens is 241 g/mol. The number of methoxy groups -OCH3 is 1. The van der Waals surface area contributed by atoms with Crippen molar-refractivity contribution in [3.8, 4) is 0 Å². The summed E-state index contributed by atoms with van der Waals surface area (Å²) in [7, 11) is 1.75. The summed E-state index contributed by atoms with van der Waals surface area (Å²) in [5.41, 5.74) is 1.01. The molecule has 0 amide bonds. The second-order valence-electron chi connectivity index (χ2n) is 5.34. The van der Waals surface area contributed by atoms with Crippen LogP contribution in [0.3, 0.4) is 0 Å². The van der Waals surface area contributed by atoms with Crippen LogP contribution in [-0.4, -0.2) is 25.8 Å². The topological polar surface area (TPSA) is 21.3 Å². The van der Waals surface area contributed by atoms with Gasteiger partial charge in [0.15, 0.2) is 0 Å². The molecule has 0 radical (unpaired) electrons. The molecule has 2 nitrogen and oxygen atoms in total. The van der Waals surface area contributed by atoms with Gasteiger partial charge in [-0.05, 0) is 43.0 Å². The Bertz CT molecular complexity index is 368. The van der Waals surface area contributed by atoms with Crippen LogP contribution in [0.1, 0.15) is 32.8 Å². The van der Waals surface area contributed by atoms with Gasteiger partial charge < -0.3 is 10.1 Å². The minimum Gasteiger partial charge on any atom is -0.380 e. The van der Waals surface area contributed by atoms with Gasteiger partial charge in [0.05, 0.1) is 6.10 Å². The highest BCUT2D eigenvalue weighted by Gasteiger charge is 2.24. The van der Waals surface area contributed by atoms with Crippen molar-refractivity contribution in [2.75, 3.05) is 13.7 Å². The fourth-order valence-corrected chi connectivity index (χ4v) is 2.45. The van der Waals surface area contributed by atoms with Crippen LogP contribution in [0.25, 0.3) is 0 Å². The number of hydrogen-bond acceptors (Lipinski definition) is 2. The molecule has 0 aliphatic rings. The van der Waals surface area contributed by atoms with Crippen LogP contribution in [0.4, 0.5) is 4.39 Å². The Hall–Kier alpha value is -0.930. The lowest BCUT2D eigenvalue weighted by Crippen LogP contribution is -2.45. The maximum absolute atomic E-state index is 13.3. The predicted octanol–water partition coefficient (Wildman–Crippen LogP) is 3.41. The molecule has 0 aromatic heterocycles. The standard InChI is InChI=1S/C16H26FNO/c1-5-9-18-15(16(19-4)12(2)3)11-13-7-6-8-14(17)10-13/h6-8,10,12,15-16,18H,5,9,11H2,1-4H3. The van der Waals surface area contributed by atoms with E-state index < -0.39 is 0 Å². The van der Waals surface area contributed by atoms with Crippen LogP contribution >= 0.6 is 0 Å². The van der Waals surface area contributed by atoms with Gasteiger partial charge in [0.1, 0.15) is 5.82 Å². The van der Waals surface area contributed by atoms with E-state index in [0.717, 1.165) is 24.9 Å². The monoisotopic (exact) mass is 267 g/mol. The first kappa shape index (κ1) is 16.1. The highest BCUT2D eigenvalue weighted by atomic mass is 19.1. The van der Waals surface area contributed by atoms with Crippen molar-refractivity contribution in [3.05, 3.63) is 35.6 Å². The summed E-state index contributed by atoms with van der Waals surface area (Å²) in [6.07, 6.45) is 2.00. The van der Waals surface area contributed by atoms with E-state index in [1.807, 2.05) is 6.07 Å². The third kappa shape index (κ3) is 5.29. The lowest BCUT2D eigenvalue weighted by Gasteiger charge is -2.30. The molecule has 1 aromatic rings. The van der Waals surface area contributed by atoms with Crippen molar-refractivity contribution in [1.82, 2.24) is 5.32 Å². The van der Waals surface area contributed by atoms with Gasteiger partial charge >= 0.3 is 0 Å². The van der Waals surface area contributed by atoms with Crippen molar-refractivity contribution in [2.45, 2.75) is 45.8 Å². The molecular formula is C16H26FNO. The number of rotatable bonds is 8. The van der Waals surface area contributed by atoms with E-state index in [1.54, 1.807) is 19.2 Å². The van der Waals surface area contributed by atoms with Crippen molar-refractivity contribution in [2.24, 2.45) is 5.92 Å². The van der Waals surface area contributed by atoms with E-state index in [-0.39, 0.29) is 18.0 Å². The molecule has 0 aliphatic heterocycles. The zero-order chi connectivity index (χ0) is 14.3. The van der Waals surface area contributed by atoms with Gasteiger partial charge in [-0.1, -0.05) is 32.9 Å². The molecule has 2 atom stereocenters. The lowest BCUT2D eigenvalue weighted by molar-refractivity contribution is 0.0332. The van der Waals surface area contributed by atoms with Gasteiger partial charge in [0, 0.05) is 13.2 Å². The zero-order valence-corrected chi connectivity index (χ0v) is 12.4. The molecule has 0 saturated heterocycles. The molecule has 1 N–H and O–H groups in total. The highest BCUT2D eigenvalue weighted by Crippen LogP contribution is 2.16. The first-order valence-electron chi connectivity index (χ1n) is 7.09. The summed E-state index contributed by atoms with van der Waals surface area (Å²) in [6.45, 7) is 7.40. The van der Waals surface area contributed by atoms with Gasteiger partial charge in [-0.25, -0.2) is 4.39 Å². The van der Waals surface area contributed by atoms with Gasteiger partial charge in [0.25, 0.3) is 0 Å². The first-order valence-corrected chi connectivity index (χ1v) is 7.09. The van der Waals surface area contributed by atoms with Crippen molar-refractivity contribution in [3.63, 3.8) is 0 Å². The van der Waals surface area contributed by atoms with E-state index >= 15 is 0 Å². The molecule has 0 heterocycles. The molecule has 0 spiro atoms. The molecule has 0 saturated carbocycles. The average molecular weight is 267 g/mol. The summed E-state index contributed by atoms with van der Waals surface area (Å²) < 4.78 is 18.9. The normalized spacial score (nSPS) is 14.6. The summed E-state index contributed by atoms with van der Waals surface area (Å²) >= 11 is 0. The quantitative estimate of drug-likeness (QED) is 0.779. The molecule has 0 bridgehead atoms. The Morgan fingerprint density at radius 2 is 2.05 bits per heavy atom. The second kappa shape index (κ2) is 8.28. The van der Waals surface area contributed by atoms with Crippen molar-refractivity contribution >= 4 is 0 Å². The molecule has 19 heavy (non-hydrogen) atoms. The van der Waals surface area contributed by atoms with Crippen LogP contribution < -0.4 is 5.32 Å². The van der Waals surface area contributed by atoms with Crippen LogP contribution in [0.5, 0.6) is 0 Å². The summed E-state index contributed by atoms with van der Waals surface area (Å²) in [5.74, 6) is 0.248. The lowest BCUT2D eigenvalue weighted by atomic mass is 9.93. The van der Waals surface area contributed by atoms with Crippen molar-refractivity contribution in [1.29, 1.82) is 0 Å². The molecule has 2 unspecified atom stereocenters. The number of hydrogen-bond donors (Lipinski definition) is 1. The second-order valence-corrected chi connectivity index (χ2v) is 5.34. The fourth-order valence-electron chi connectivity index (χ4n) is 2.45. The maximum atomic E-state index is 13.3. The van der Waals surface area contributed by atoms with Crippen LogP contribution in [0.2, 0.25) is 0 Å². The van der Waals surface area contributed by atoms with E-state index in [0.29, 0.717) is 5.92 Å². The molecule has 0 fully saturated rings. The Morgan fingerprint density at radius 3 is 2.58 bits per heavy atom. The summed E-state index contributed by atoms with van der Waals surface area (Å²) in [6, 6.07) is 7.03. The van der Waals surface area contributed by atoms with Gasteiger partial charge in [-0.3, -0.25) is 0 Å². The van der Waals surface area contributed by atoms with E-state index in [9.17, 15) is 4.39 Å². The SMILES string of the molecule is CCCNC(Cc1cccc(F)c1)C(OC)C(C)C. The zero-order valence-electron chi connectivity index (χ0n) is 12.4. The van der Waals surface area contributed by atoms with Gasteiger partial charge in [0.2, 0.25) is 0 Å². The first-order chi connectivity index (χ1) is 9.08. The minimum absolute atomic E-state index is 0.134. The predicted molar refractivity (Wildman–Crippen MR) is 77.8 cm³/mol. The molecule has 0 aliphatic carbocycles. The van der Waals surface area contributed by atoms with E-state index in [2.05, 4.69) is 26.1 Å². The summed E-state index contributed by atoms with van der Waals surface area (Å²) in [5, 5.41) is 3.52. The average Bonchev–Trinajstić information content (AvgIpc) is 2.36. The smallest absolute Gasteiger partial charge is 0.123 e. The molecule has 1 aromatic carbocycles. The Balaban J connectivity index is 2.78. The third-order valence-electron chi connectivity index (χ3n) is 3.33. The largest absolute Gasteiger partial charge is 0.380 e. The van der Waals surface area contributed by atoms with Gasteiger partial charge in [-0.15, -0.1) is 0 Å². The van der Waals surface area contributed by atoms with Crippen LogP contribution in [0.15, 0.2) is 24.3 Å². The molecule has 1 rings (SSSR count). The number of halogens is 1. The summed E-state index contributed by atoms with van der Waals surface area (Å²) in [4.78, 5) is 0. The van der Waals surface area contributed by atoms with E-state index in [1.165, 1.54) is 6.07 Å². The minimum atomic E-state index is -0.176. The van der Waals surface area contributed by atoms with Crippen LogP contribution in [-0.2, 0) is 11.2 Å². The number of benzene rings is 1. The van der Waals surface area contributed by atoms with Crippen LogP contribution in [0, 0.1) is 11.7 Å². The Labute approximate surface area is 116 Å². The van der Waals surface area contributed by atoms with Gasteiger partial charge in [-0.2, -0.15) is 0 Å². The van der Waals surface area contributed by atoms with Crippen molar-refractivity contribution < 1.29 is 9.13 Å². The fraction of sp³-hybridized carbons (Fsp3) is 0.625. The maximum Gasteiger partial charge on any atom is 0.123 e. The highest BCUT2D eigenvalue weighted by molar-refractivity contribution is 5.18. The molecule has 108 valence electrons. The number of nitrogens with one attached hydrogen (secondary N) is 1. The Morgan fingerprint density at radius 1 is 1.32 bits per heavy atom. The van der Waals surface area contributed by atoms with E-state index in [4.69, 9.17) is 4.74 Å².